The van der Waals surface area contributed by atoms with E-state index < -0.39 is 0 Å². The predicted octanol–water partition coefficient (Wildman–Crippen LogP) is 2.62. The van der Waals surface area contributed by atoms with Crippen LogP contribution in [-0.4, -0.2) is 20.7 Å². The molecule has 0 amide bonds. The number of rotatable bonds is 4. The lowest BCUT2D eigenvalue weighted by atomic mass is 10.1. The van der Waals surface area contributed by atoms with Crippen LogP contribution in [-0.2, 0) is 0 Å². The molecule has 0 fully saturated rings. The van der Waals surface area contributed by atoms with Crippen molar-refractivity contribution in [1.29, 1.82) is 5.41 Å². The highest BCUT2D eigenvalue weighted by Gasteiger charge is 2.15. The molecule has 0 aliphatic rings. The molecular formula is C15H17N5. The lowest BCUT2D eigenvalue weighted by Crippen LogP contribution is -2.11. The Bertz CT molecular complexity index is 674. The molecule has 4 N–H and O–H groups in total. The van der Waals surface area contributed by atoms with Crippen LogP contribution >= 0.6 is 0 Å². The minimum absolute atomic E-state index is 0.293. The van der Waals surface area contributed by atoms with Crippen molar-refractivity contribution in [2.45, 2.75) is 13.8 Å². The van der Waals surface area contributed by atoms with Crippen molar-refractivity contribution < 1.29 is 0 Å². The largest absolute Gasteiger partial charge is 0.383 e. The van der Waals surface area contributed by atoms with Gasteiger partial charge < -0.3 is 10.7 Å². The molecule has 5 heteroatoms. The number of nitrogen functional groups attached to an aromatic ring is 1. The van der Waals surface area contributed by atoms with E-state index in [1.165, 1.54) is 6.33 Å². The molecule has 2 heterocycles. The van der Waals surface area contributed by atoms with E-state index >= 15 is 0 Å². The summed E-state index contributed by atoms with van der Waals surface area (Å²) < 4.78 is 0. The zero-order chi connectivity index (χ0) is 14.7. The van der Waals surface area contributed by atoms with Crippen LogP contribution in [0, 0.1) is 19.3 Å². The molecule has 2 rings (SSSR count). The van der Waals surface area contributed by atoms with Crippen molar-refractivity contribution in [1.82, 2.24) is 15.0 Å². The Morgan fingerprint density at radius 1 is 1.40 bits per heavy atom. The average Bonchev–Trinajstić information content (AvgIpc) is 2.77. The van der Waals surface area contributed by atoms with Gasteiger partial charge in [0.05, 0.1) is 22.7 Å². The second-order valence-corrected chi connectivity index (χ2v) is 4.47. The van der Waals surface area contributed by atoms with Gasteiger partial charge in [-0.15, -0.1) is 0 Å². The highest BCUT2D eigenvalue weighted by Crippen LogP contribution is 2.19. The van der Waals surface area contributed by atoms with Gasteiger partial charge in [-0.1, -0.05) is 18.7 Å². The molecule has 2 aromatic rings. The van der Waals surface area contributed by atoms with Crippen LogP contribution in [0.25, 0.3) is 6.08 Å². The van der Waals surface area contributed by atoms with Crippen molar-refractivity contribution in [3.8, 4) is 0 Å². The Labute approximate surface area is 117 Å². The number of aromatic amines is 1. The van der Waals surface area contributed by atoms with E-state index in [9.17, 15) is 0 Å². The van der Waals surface area contributed by atoms with Crippen LogP contribution in [0.1, 0.15) is 28.2 Å². The van der Waals surface area contributed by atoms with E-state index in [4.69, 9.17) is 11.1 Å². The molecule has 0 aliphatic carbocycles. The first-order valence-corrected chi connectivity index (χ1v) is 6.19. The zero-order valence-corrected chi connectivity index (χ0v) is 11.6. The Kier molecular flexibility index (Phi) is 3.79. The third kappa shape index (κ3) is 2.51. The van der Waals surface area contributed by atoms with Crippen molar-refractivity contribution >= 4 is 17.6 Å². The van der Waals surface area contributed by atoms with E-state index in [1.807, 2.05) is 32.1 Å². The van der Waals surface area contributed by atoms with E-state index in [0.717, 1.165) is 11.3 Å². The highest BCUT2D eigenvalue weighted by molar-refractivity contribution is 6.13. The number of aryl methyl sites for hydroxylation is 2. The van der Waals surface area contributed by atoms with E-state index in [2.05, 4.69) is 21.5 Å². The van der Waals surface area contributed by atoms with Crippen LogP contribution in [0.4, 0.5) is 5.82 Å². The van der Waals surface area contributed by atoms with Crippen molar-refractivity contribution in [3.05, 3.63) is 59.3 Å². The third-order valence-electron chi connectivity index (χ3n) is 3.04. The molecular weight excluding hydrogens is 250 g/mol. The standard InChI is InChI=1S/C15H17N5/c1-4-5-6-11-9(2)7-12(20-11)14(16)13-10(3)18-8-19-15(13)17/h4-8,16,20H,1H2,2-3H3,(H2,17,18,19)/b6-5-,16-14?. The minimum Gasteiger partial charge on any atom is -0.383 e. The van der Waals surface area contributed by atoms with Crippen LogP contribution < -0.4 is 5.73 Å². The summed E-state index contributed by atoms with van der Waals surface area (Å²) in [5.74, 6) is 0.318. The van der Waals surface area contributed by atoms with Crippen molar-refractivity contribution in [2.75, 3.05) is 5.73 Å². The van der Waals surface area contributed by atoms with Gasteiger partial charge in [0.1, 0.15) is 12.1 Å². The first-order chi connectivity index (χ1) is 9.54. The number of hydrogen-bond acceptors (Lipinski definition) is 4. The summed E-state index contributed by atoms with van der Waals surface area (Å²) in [7, 11) is 0. The summed E-state index contributed by atoms with van der Waals surface area (Å²) in [6.07, 6.45) is 6.87. The van der Waals surface area contributed by atoms with E-state index in [-0.39, 0.29) is 0 Å². The van der Waals surface area contributed by atoms with Gasteiger partial charge in [-0.2, -0.15) is 0 Å². The maximum absolute atomic E-state index is 8.30. The Balaban J connectivity index is 2.44. The molecule has 0 atom stereocenters. The lowest BCUT2D eigenvalue weighted by Gasteiger charge is -2.07. The number of hydrogen-bond donors (Lipinski definition) is 3. The SMILES string of the molecule is C=C/C=C\c1[nH]c(C(=N)c2c(C)ncnc2N)cc1C. The number of nitrogens with one attached hydrogen (secondary N) is 2. The third-order valence-corrected chi connectivity index (χ3v) is 3.04. The molecule has 2 aromatic heterocycles. The fourth-order valence-corrected chi connectivity index (χ4v) is 1.98. The first-order valence-electron chi connectivity index (χ1n) is 6.19. The summed E-state index contributed by atoms with van der Waals surface area (Å²) in [5, 5.41) is 8.30. The fourth-order valence-electron chi connectivity index (χ4n) is 1.98. The summed E-state index contributed by atoms with van der Waals surface area (Å²) >= 11 is 0. The molecule has 20 heavy (non-hydrogen) atoms. The summed E-state index contributed by atoms with van der Waals surface area (Å²) in [6, 6.07) is 1.91. The van der Waals surface area contributed by atoms with E-state index in [0.29, 0.717) is 28.5 Å². The van der Waals surface area contributed by atoms with Gasteiger partial charge >= 0.3 is 0 Å². The smallest absolute Gasteiger partial charge is 0.136 e. The molecule has 0 spiro atoms. The van der Waals surface area contributed by atoms with Gasteiger partial charge in [0.15, 0.2) is 0 Å². The number of anilines is 1. The van der Waals surface area contributed by atoms with Gasteiger partial charge in [0.2, 0.25) is 0 Å². The number of nitrogens with zero attached hydrogens (tertiary/aromatic N) is 2. The molecule has 0 bridgehead atoms. The average molecular weight is 267 g/mol. The van der Waals surface area contributed by atoms with Gasteiger partial charge in [0.25, 0.3) is 0 Å². The maximum Gasteiger partial charge on any atom is 0.136 e. The number of allylic oxidation sites excluding steroid dienone is 2. The molecule has 0 saturated carbocycles. The highest BCUT2D eigenvalue weighted by atomic mass is 14.9. The van der Waals surface area contributed by atoms with Crippen molar-refractivity contribution in [2.24, 2.45) is 0 Å². The number of H-pyrrole nitrogens is 1. The fraction of sp³-hybridized carbons (Fsp3) is 0.133. The van der Waals surface area contributed by atoms with Gasteiger partial charge in [-0.25, -0.2) is 9.97 Å². The Morgan fingerprint density at radius 2 is 2.15 bits per heavy atom. The monoisotopic (exact) mass is 267 g/mol. The Hall–Kier alpha value is -2.69. The van der Waals surface area contributed by atoms with Crippen LogP contribution in [0.2, 0.25) is 0 Å². The minimum atomic E-state index is 0.293. The van der Waals surface area contributed by atoms with Crippen LogP contribution in [0.15, 0.2) is 31.1 Å². The number of aromatic nitrogens is 3. The lowest BCUT2D eigenvalue weighted by molar-refractivity contribution is 1.09. The quantitative estimate of drug-likeness (QED) is 0.587. The molecule has 5 nitrogen and oxygen atoms in total. The summed E-state index contributed by atoms with van der Waals surface area (Å²) in [6.45, 7) is 7.44. The molecule has 102 valence electrons. The number of nitrogens with two attached hydrogens (primary N) is 1. The summed E-state index contributed by atoms with van der Waals surface area (Å²) in [5.41, 5.74) is 10.1. The zero-order valence-electron chi connectivity index (χ0n) is 11.6. The summed E-state index contributed by atoms with van der Waals surface area (Å²) in [4.78, 5) is 11.2. The molecule has 0 aliphatic heterocycles. The Morgan fingerprint density at radius 3 is 2.80 bits per heavy atom. The topological polar surface area (TPSA) is 91.4 Å². The molecule has 0 radical (unpaired) electrons. The second-order valence-electron chi connectivity index (χ2n) is 4.47. The first kappa shape index (κ1) is 13.7. The molecule has 0 saturated heterocycles. The van der Waals surface area contributed by atoms with Gasteiger partial charge in [-0.05, 0) is 31.6 Å². The van der Waals surface area contributed by atoms with Crippen molar-refractivity contribution in [3.63, 3.8) is 0 Å². The van der Waals surface area contributed by atoms with Gasteiger partial charge in [0, 0.05) is 5.69 Å². The second kappa shape index (κ2) is 5.52. The van der Waals surface area contributed by atoms with Crippen LogP contribution in [0.5, 0.6) is 0 Å². The van der Waals surface area contributed by atoms with E-state index in [1.54, 1.807) is 6.08 Å². The van der Waals surface area contributed by atoms with Gasteiger partial charge in [-0.3, -0.25) is 5.41 Å². The predicted molar refractivity (Wildman–Crippen MR) is 81.9 cm³/mol. The maximum atomic E-state index is 8.30. The molecule has 0 aromatic carbocycles. The van der Waals surface area contributed by atoms with Crippen LogP contribution in [0.3, 0.4) is 0 Å². The normalized spacial score (nSPS) is 10.9. The molecule has 0 unspecified atom stereocenters.